The molecular formula is C29H31NO2. The highest BCUT2D eigenvalue weighted by atomic mass is 16.5. The lowest BCUT2D eigenvalue weighted by molar-refractivity contribution is 0.294. The summed E-state index contributed by atoms with van der Waals surface area (Å²) in [6, 6.07) is 25.5. The molecule has 3 unspecified atom stereocenters. The van der Waals surface area contributed by atoms with E-state index in [0.29, 0.717) is 18.4 Å². The molecule has 3 aromatic carbocycles. The maximum Gasteiger partial charge on any atom is 0.142 e. The van der Waals surface area contributed by atoms with Gasteiger partial charge in [-0.15, -0.1) is 0 Å². The van der Waals surface area contributed by atoms with Crippen molar-refractivity contribution in [3.05, 3.63) is 102 Å². The number of unbranched alkanes of at least 4 members (excludes halogenated alkanes) is 1. The Kier molecular flexibility index (Phi) is 6.15. The summed E-state index contributed by atoms with van der Waals surface area (Å²) in [4.78, 5) is 0. The van der Waals surface area contributed by atoms with Gasteiger partial charge in [-0.25, -0.2) is 0 Å². The maximum atomic E-state index is 6.33. The molecule has 32 heavy (non-hydrogen) atoms. The van der Waals surface area contributed by atoms with Crippen molar-refractivity contribution in [1.29, 1.82) is 0 Å². The average molecular weight is 426 g/mol. The lowest BCUT2D eigenvalue weighted by Crippen LogP contribution is -2.29. The normalized spacial score (nSPS) is 20.8. The molecule has 0 saturated carbocycles. The molecule has 0 bridgehead atoms. The van der Waals surface area contributed by atoms with E-state index < -0.39 is 0 Å². The van der Waals surface area contributed by atoms with Gasteiger partial charge in [0.1, 0.15) is 18.1 Å². The number of para-hydroxylation sites is 2. The van der Waals surface area contributed by atoms with Crippen LogP contribution in [0.3, 0.4) is 0 Å². The Hall–Kier alpha value is -3.20. The number of hydrogen-bond acceptors (Lipinski definition) is 3. The Balaban J connectivity index is 1.45. The van der Waals surface area contributed by atoms with E-state index in [1.807, 2.05) is 6.07 Å². The summed E-state index contributed by atoms with van der Waals surface area (Å²) in [5, 5.41) is 3.87. The Morgan fingerprint density at radius 1 is 0.844 bits per heavy atom. The zero-order valence-corrected chi connectivity index (χ0v) is 18.7. The Morgan fingerprint density at radius 3 is 2.50 bits per heavy atom. The van der Waals surface area contributed by atoms with Crippen LogP contribution in [0.25, 0.3) is 0 Å². The quantitative estimate of drug-likeness (QED) is 0.304. The Morgan fingerprint density at radius 2 is 1.62 bits per heavy atom. The summed E-state index contributed by atoms with van der Waals surface area (Å²) in [6.07, 6.45) is 7.97. The molecule has 3 aromatic rings. The zero-order chi connectivity index (χ0) is 21.8. The fourth-order valence-corrected chi connectivity index (χ4v) is 4.95. The first-order valence-corrected chi connectivity index (χ1v) is 11.8. The van der Waals surface area contributed by atoms with Crippen LogP contribution in [0.5, 0.6) is 11.5 Å². The first kappa shape index (κ1) is 20.7. The molecule has 1 N–H and O–H groups in total. The molecule has 1 aliphatic carbocycles. The second-order valence-electron chi connectivity index (χ2n) is 8.71. The summed E-state index contributed by atoms with van der Waals surface area (Å²) >= 11 is 0. The van der Waals surface area contributed by atoms with Crippen LogP contribution in [0.2, 0.25) is 0 Å². The van der Waals surface area contributed by atoms with Gasteiger partial charge in [0.05, 0.1) is 18.3 Å². The van der Waals surface area contributed by atoms with Gasteiger partial charge >= 0.3 is 0 Å². The van der Waals surface area contributed by atoms with Gasteiger partial charge in [-0.3, -0.25) is 0 Å². The van der Waals surface area contributed by atoms with Crippen LogP contribution in [-0.4, -0.2) is 6.61 Å². The lowest BCUT2D eigenvalue weighted by atomic mass is 9.76. The smallest absolute Gasteiger partial charge is 0.142 e. The van der Waals surface area contributed by atoms with E-state index in [1.165, 1.54) is 16.7 Å². The first-order chi connectivity index (χ1) is 15.8. The molecular weight excluding hydrogens is 394 g/mol. The molecule has 0 fully saturated rings. The van der Waals surface area contributed by atoms with E-state index in [4.69, 9.17) is 9.47 Å². The molecule has 3 nitrogen and oxygen atoms in total. The van der Waals surface area contributed by atoms with Crippen molar-refractivity contribution >= 4 is 5.69 Å². The molecule has 0 spiro atoms. The van der Waals surface area contributed by atoms with E-state index in [2.05, 4.69) is 91.1 Å². The third-order valence-electron chi connectivity index (χ3n) is 6.61. The van der Waals surface area contributed by atoms with Crippen LogP contribution in [0, 0.1) is 5.92 Å². The number of nitrogens with one attached hydrogen (secondary N) is 1. The minimum absolute atomic E-state index is 0.172. The predicted octanol–water partition coefficient (Wildman–Crippen LogP) is 7.27. The van der Waals surface area contributed by atoms with Gasteiger partial charge in [0.25, 0.3) is 0 Å². The van der Waals surface area contributed by atoms with Crippen LogP contribution in [0.1, 0.15) is 54.8 Å². The van der Waals surface area contributed by atoms with Gasteiger partial charge in [0.2, 0.25) is 0 Å². The van der Waals surface area contributed by atoms with E-state index in [-0.39, 0.29) is 6.04 Å². The number of benzene rings is 3. The van der Waals surface area contributed by atoms with E-state index in [1.54, 1.807) is 0 Å². The summed E-state index contributed by atoms with van der Waals surface area (Å²) in [5.41, 5.74) is 4.88. The third-order valence-corrected chi connectivity index (χ3v) is 6.61. The zero-order valence-electron chi connectivity index (χ0n) is 18.7. The molecule has 0 saturated heterocycles. The SMILES string of the molecule is CCCCOc1cccc2c1NC(c1ccccc1OCc1ccccc1)C1CC=CC21. The lowest BCUT2D eigenvalue weighted by Gasteiger charge is -2.38. The highest BCUT2D eigenvalue weighted by molar-refractivity contribution is 5.68. The van der Waals surface area contributed by atoms with Gasteiger partial charge in [-0.1, -0.05) is 86.2 Å². The molecule has 2 aliphatic rings. The fourth-order valence-electron chi connectivity index (χ4n) is 4.95. The van der Waals surface area contributed by atoms with Gasteiger partial charge in [0, 0.05) is 11.5 Å². The van der Waals surface area contributed by atoms with Crippen LogP contribution in [0.15, 0.2) is 84.9 Å². The monoisotopic (exact) mass is 425 g/mol. The third kappa shape index (κ3) is 4.12. The summed E-state index contributed by atoms with van der Waals surface area (Å²) in [5.74, 6) is 2.78. The van der Waals surface area contributed by atoms with E-state index >= 15 is 0 Å². The van der Waals surface area contributed by atoms with Crippen LogP contribution >= 0.6 is 0 Å². The van der Waals surface area contributed by atoms with E-state index in [9.17, 15) is 0 Å². The fraction of sp³-hybridized carbons (Fsp3) is 0.310. The molecule has 0 radical (unpaired) electrons. The van der Waals surface area contributed by atoms with Crippen LogP contribution in [-0.2, 0) is 6.61 Å². The second-order valence-corrected chi connectivity index (χ2v) is 8.71. The largest absolute Gasteiger partial charge is 0.491 e. The second kappa shape index (κ2) is 9.52. The average Bonchev–Trinajstić information content (AvgIpc) is 3.34. The maximum absolute atomic E-state index is 6.33. The number of hydrogen-bond donors (Lipinski definition) is 1. The van der Waals surface area contributed by atoms with Crippen molar-refractivity contribution in [3.8, 4) is 11.5 Å². The number of fused-ring (bicyclic) bond motifs is 3. The minimum atomic E-state index is 0.172. The van der Waals surface area contributed by atoms with Crippen molar-refractivity contribution in [2.45, 2.75) is 44.8 Å². The van der Waals surface area contributed by atoms with E-state index in [0.717, 1.165) is 43.1 Å². The Bertz CT molecular complexity index is 1080. The van der Waals surface area contributed by atoms with Crippen molar-refractivity contribution in [2.75, 3.05) is 11.9 Å². The van der Waals surface area contributed by atoms with Gasteiger partial charge in [0.15, 0.2) is 0 Å². The molecule has 164 valence electrons. The standard InChI is InChI=1S/C29H31NO2/c1-2-3-19-31-27-18-10-16-24-22-14-9-15-23(22)28(30-29(24)27)25-13-7-8-17-26(25)32-20-21-11-5-4-6-12-21/h4-14,16-18,22-23,28,30H,2-3,15,19-20H2,1H3. The topological polar surface area (TPSA) is 30.5 Å². The molecule has 1 aliphatic heterocycles. The van der Waals surface area contributed by atoms with Crippen molar-refractivity contribution in [1.82, 2.24) is 0 Å². The minimum Gasteiger partial charge on any atom is -0.491 e. The van der Waals surface area contributed by atoms with Crippen molar-refractivity contribution in [3.63, 3.8) is 0 Å². The van der Waals surface area contributed by atoms with Crippen molar-refractivity contribution in [2.24, 2.45) is 5.92 Å². The molecule has 0 amide bonds. The number of ether oxygens (including phenoxy) is 2. The molecule has 3 heteroatoms. The van der Waals surface area contributed by atoms with Gasteiger partial charge in [-0.2, -0.15) is 0 Å². The highest BCUT2D eigenvalue weighted by Gasteiger charge is 2.40. The molecule has 3 atom stereocenters. The summed E-state index contributed by atoms with van der Waals surface area (Å²) in [7, 11) is 0. The predicted molar refractivity (Wildman–Crippen MR) is 130 cm³/mol. The number of anilines is 1. The van der Waals surface area contributed by atoms with Crippen molar-refractivity contribution < 1.29 is 9.47 Å². The van der Waals surface area contributed by atoms with Gasteiger partial charge in [-0.05, 0) is 42.0 Å². The molecule has 5 rings (SSSR count). The Labute approximate surface area is 191 Å². The number of allylic oxidation sites excluding steroid dienone is 2. The first-order valence-electron chi connectivity index (χ1n) is 11.8. The number of rotatable bonds is 8. The van der Waals surface area contributed by atoms with Crippen LogP contribution < -0.4 is 14.8 Å². The van der Waals surface area contributed by atoms with Gasteiger partial charge < -0.3 is 14.8 Å². The summed E-state index contributed by atoms with van der Waals surface area (Å²) < 4.78 is 12.5. The highest BCUT2D eigenvalue weighted by Crippen LogP contribution is 2.53. The van der Waals surface area contributed by atoms with Crippen LogP contribution in [0.4, 0.5) is 5.69 Å². The molecule has 0 aromatic heterocycles. The molecule has 1 heterocycles. The summed E-state index contributed by atoms with van der Waals surface area (Å²) in [6.45, 7) is 3.51.